The van der Waals surface area contributed by atoms with Crippen LogP contribution in [-0.4, -0.2) is 44.2 Å². The number of nitrogens with zero attached hydrogens (tertiary/aromatic N) is 1. The van der Waals surface area contributed by atoms with Gasteiger partial charge in [0.25, 0.3) is 0 Å². The van der Waals surface area contributed by atoms with Crippen molar-refractivity contribution in [2.75, 3.05) is 39.3 Å². The minimum absolute atomic E-state index is 0.739. The van der Waals surface area contributed by atoms with Gasteiger partial charge in [0.2, 0.25) is 0 Å². The van der Waals surface area contributed by atoms with Gasteiger partial charge in [-0.15, -0.1) is 0 Å². The van der Waals surface area contributed by atoms with E-state index in [2.05, 4.69) is 10.2 Å². The number of furan rings is 1. The zero-order valence-electron chi connectivity index (χ0n) is 10.4. The molecule has 1 saturated heterocycles. The zero-order valence-corrected chi connectivity index (χ0v) is 10.4. The number of hydrogen-bond acceptors (Lipinski definition) is 4. The molecular formula is C14H18N2O2. The van der Waals surface area contributed by atoms with Crippen LogP contribution in [0.1, 0.15) is 0 Å². The number of ether oxygens (including phenoxy) is 1. The van der Waals surface area contributed by atoms with Gasteiger partial charge in [-0.25, -0.2) is 0 Å². The Balaban J connectivity index is 1.52. The van der Waals surface area contributed by atoms with E-state index in [0.29, 0.717) is 0 Å². The fourth-order valence-electron chi connectivity index (χ4n) is 2.26. The second-order valence-electron chi connectivity index (χ2n) is 4.56. The first-order chi connectivity index (χ1) is 8.92. The predicted molar refractivity (Wildman–Crippen MR) is 71.0 cm³/mol. The minimum Gasteiger partial charge on any atom is -0.492 e. The third-order valence-electron chi connectivity index (χ3n) is 3.31. The first-order valence-corrected chi connectivity index (χ1v) is 6.45. The van der Waals surface area contributed by atoms with Crippen LogP contribution in [0.4, 0.5) is 0 Å². The summed E-state index contributed by atoms with van der Waals surface area (Å²) >= 11 is 0. The molecule has 18 heavy (non-hydrogen) atoms. The summed E-state index contributed by atoms with van der Waals surface area (Å²) in [5, 5.41) is 4.44. The Hall–Kier alpha value is -1.52. The van der Waals surface area contributed by atoms with Crippen LogP contribution in [0.3, 0.4) is 0 Å². The second-order valence-corrected chi connectivity index (χ2v) is 4.56. The lowest BCUT2D eigenvalue weighted by Gasteiger charge is -2.26. The van der Waals surface area contributed by atoms with Crippen LogP contribution in [0, 0.1) is 0 Å². The van der Waals surface area contributed by atoms with Crippen molar-refractivity contribution in [2.24, 2.45) is 0 Å². The molecule has 0 spiro atoms. The maximum absolute atomic E-state index is 5.78. The molecule has 3 rings (SSSR count). The highest BCUT2D eigenvalue weighted by atomic mass is 16.5. The standard InChI is InChI=1S/C14H18N2O2/c1-2-14-12(3-9-18-14)11-13(1)17-10-8-16-6-4-15-5-7-16/h1-3,9,11,15H,4-8,10H2. The lowest BCUT2D eigenvalue weighted by molar-refractivity contribution is 0.191. The zero-order chi connectivity index (χ0) is 12.2. The van der Waals surface area contributed by atoms with E-state index in [1.54, 1.807) is 6.26 Å². The van der Waals surface area contributed by atoms with Crippen LogP contribution in [-0.2, 0) is 0 Å². The van der Waals surface area contributed by atoms with Crippen LogP contribution in [0.15, 0.2) is 34.9 Å². The monoisotopic (exact) mass is 246 g/mol. The largest absolute Gasteiger partial charge is 0.492 e. The van der Waals surface area contributed by atoms with Crippen molar-refractivity contribution < 1.29 is 9.15 Å². The molecule has 0 unspecified atom stereocenters. The predicted octanol–water partition coefficient (Wildman–Crippen LogP) is 1.72. The highest BCUT2D eigenvalue weighted by molar-refractivity contribution is 5.78. The molecular weight excluding hydrogens is 228 g/mol. The van der Waals surface area contributed by atoms with Gasteiger partial charge in [-0.1, -0.05) is 0 Å². The number of nitrogens with one attached hydrogen (secondary N) is 1. The topological polar surface area (TPSA) is 37.6 Å². The molecule has 0 atom stereocenters. The molecule has 1 N–H and O–H groups in total. The van der Waals surface area contributed by atoms with Crippen molar-refractivity contribution in [3.8, 4) is 5.75 Å². The maximum Gasteiger partial charge on any atom is 0.134 e. The van der Waals surface area contributed by atoms with Gasteiger partial charge in [0.05, 0.1) is 6.26 Å². The Morgan fingerprint density at radius 1 is 1.22 bits per heavy atom. The lowest BCUT2D eigenvalue weighted by Crippen LogP contribution is -2.44. The Morgan fingerprint density at radius 3 is 3.00 bits per heavy atom. The van der Waals surface area contributed by atoms with Crippen molar-refractivity contribution in [3.63, 3.8) is 0 Å². The molecule has 1 aliphatic rings. The number of hydrogen-bond donors (Lipinski definition) is 1. The molecule has 0 bridgehead atoms. The summed E-state index contributed by atoms with van der Waals surface area (Å²) < 4.78 is 11.1. The lowest BCUT2D eigenvalue weighted by atomic mass is 10.2. The van der Waals surface area contributed by atoms with E-state index >= 15 is 0 Å². The molecule has 1 fully saturated rings. The summed E-state index contributed by atoms with van der Waals surface area (Å²) in [4.78, 5) is 2.42. The van der Waals surface area contributed by atoms with Crippen molar-refractivity contribution in [1.29, 1.82) is 0 Å². The molecule has 0 saturated carbocycles. The van der Waals surface area contributed by atoms with Crippen molar-refractivity contribution >= 4 is 11.0 Å². The Morgan fingerprint density at radius 2 is 2.11 bits per heavy atom. The summed E-state index contributed by atoms with van der Waals surface area (Å²) in [6.07, 6.45) is 1.70. The van der Waals surface area contributed by atoms with E-state index in [0.717, 1.165) is 56.0 Å². The third kappa shape index (κ3) is 2.66. The maximum atomic E-state index is 5.78. The average Bonchev–Trinajstić information content (AvgIpc) is 2.87. The molecule has 1 aliphatic heterocycles. The van der Waals surface area contributed by atoms with Gasteiger partial charge in [0.15, 0.2) is 0 Å². The van der Waals surface area contributed by atoms with Gasteiger partial charge >= 0.3 is 0 Å². The molecule has 0 aliphatic carbocycles. The Bertz CT molecular complexity index is 503. The second kappa shape index (κ2) is 5.42. The summed E-state index contributed by atoms with van der Waals surface area (Å²) in [5.74, 6) is 0.916. The minimum atomic E-state index is 0.739. The normalized spacial score (nSPS) is 17.1. The van der Waals surface area contributed by atoms with E-state index in [1.165, 1.54) is 0 Å². The first-order valence-electron chi connectivity index (χ1n) is 6.45. The van der Waals surface area contributed by atoms with E-state index in [4.69, 9.17) is 9.15 Å². The summed E-state index contributed by atoms with van der Waals surface area (Å²) in [7, 11) is 0. The van der Waals surface area contributed by atoms with Crippen LogP contribution >= 0.6 is 0 Å². The highest BCUT2D eigenvalue weighted by Crippen LogP contribution is 2.21. The van der Waals surface area contributed by atoms with Gasteiger partial charge in [-0.2, -0.15) is 0 Å². The smallest absolute Gasteiger partial charge is 0.134 e. The number of benzene rings is 1. The molecule has 0 amide bonds. The van der Waals surface area contributed by atoms with Gasteiger partial charge in [0, 0.05) is 38.1 Å². The number of fused-ring (bicyclic) bond motifs is 1. The van der Waals surface area contributed by atoms with E-state index < -0.39 is 0 Å². The molecule has 1 aromatic heterocycles. The summed E-state index contributed by atoms with van der Waals surface area (Å²) in [6, 6.07) is 7.90. The first kappa shape index (κ1) is 11.6. The fourth-order valence-corrected chi connectivity index (χ4v) is 2.26. The molecule has 2 heterocycles. The van der Waals surface area contributed by atoms with Gasteiger partial charge in [-0.05, 0) is 24.3 Å². The van der Waals surface area contributed by atoms with Gasteiger partial charge in [-0.3, -0.25) is 4.90 Å². The molecule has 2 aromatic rings. The van der Waals surface area contributed by atoms with E-state index in [9.17, 15) is 0 Å². The Labute approximate surface area is 107 Å². The molecule has 0 radical (unpaired) electrons. The van der Waals surface area contributed by atoms with Crippen LogP contribution in [0.2, 0.25) is 0 Å². The molecule has 4 heteroatoms. The van der Waals surface area contributed by atoms with Crippen LogP contribution in [0.25, 0.3) is 11.0 Å². The SMILES string of the molecule is c1cc2cc(OCCN3CCNCC3)ccc2o1. The Kier molecular flexibility index (Phi) is 3.48. The van der Waals surface area contributed by atoms with Crippen LogP contribution < -0.4 is 10.1 Å². The van der Waals surface area contributed by atoms with E-state index in [1.807, 2.05) is 24.3 Å². The quantitative estimate of drug-likeness (QED) is 0.891. The molecule has 96 valence electrons. The molecule has 1 aromatic carbocycles. The highest BCUT2D eigenvalue weighted by Gasteiger charge is 2.08. The fraction of sp³-hybridized carbons (Fsp3) is 0.429. The van der Waals surface area contributed by atoms with Gasteiger partial charge in [0.1, 0.15) is 17.9 Å². The summed E-state index contributed by atoms with van der Waals surface area (Å²) in [5.41, 5.74) is 0.907. The number of piperazine rings is 1. The average molecular weight is 246 g/mol. The van der Waals surface area contributed by atoms with Crippen molar-refractivity contribution in [2.45, 2.75) is 0 Å². The number of rotatable bonds is 4. The summed E-state index contributed by atoms with van der Waals surface area (Å²) in [6.45, 7) is 6.13. The van der Waals surface area contributed by atoms with Crippen LogP contribution in [0.5, 0.6) is 5.75 Å². The van der Waals surface area contributed by atoms with Crippen molar-refractivity contribution in [1.82, 2.24) is 10.2 Å². The van der Waals surface area contributed by atoms with Gasteiger partial charge < -0.3 is 14.5 Å². The van der Waals surface area contributed by atoms with E-state index in [-0.39, 0.29) is 0 Å². The van der Waals surface area contributed by atoms with Crippen molar-refractivity contribution in [3.05, 3.63) is 30.5 Å². The molecule has 4 nitrogen and oxygen atoms in total. The third-order valence-corrected chi connectivity index (χ3v) is 3.31.